The van der Waals surface area contributed by atoms with E-state index in [1.165, 1.54) is 12.2 Å². The van der Waals surface area contributed by atoms with E-state index in [0.29, 0.717) is 18.4 Å². The highest BCUT2D eigenvalue weighted by Gasteiger charge is 2.08. The molecule has 0 bridgehead atoms. The van der Waals surface area contributed by atoms with E-state index in [9.17, 15) is 8.78 Å². The molecule has 0 N–H and O–H groups in total. The van der Waals surface area contributed by atoms with Gasteiger partial charge in [0.15, 0.2) is 0 Å². The molecule has 1 unspecified atom stereocenters. The van der Waals surface area contributed by atoms with Crippen molar-refractivity contribution in [3.05, 3.63) is 23.6 Å². The molecule has 11 heavy (non-hydrogen) atoms. The summed E-state index contributed by atoms with van der Waals surface area (Å²) in [7, 11) is 0. The third-order valence-corrected chi connectivity index (χ3v) is 1.57. The molecule has 0 spiro atoms. The molecule has 0 radical (unpaired) electrons. The van der Waals surface area contributed by atoms with Gasteiger partial charge in [0.05, 0.1) is 0 Å². The van der Waals surface area contributed by atoms with E-state index in [1.54, 1.807) is 6.92 Å². The smallest absolute Gasteiger partial charge is 0.121 e. The lowest BCUT2D eigenvalue weighted by Gasteiger charge is -1.96. The first kappa shape index (κ1) is 10.3. The van der Waals surface area contributed by atoms with Crippen molar-refractivity contribution in [1.82, 2.24) is 0 Å². The zero-order valence-electron chi connectivity index (χ0n) is 6.31. The molecule has 0 saturated carbocycles. The van der Waals surface area contributed by atoms with E-state index in [4.69, 9.17) is 0 Å². The second-order valence-corrected chi connectivity index (χ2v) is 2.50. The average Bonchev–Trinajstić information content (AvgIpc) is 1.96. The van der Waals surface area contributed by atoms with Crippen LogP contribution in [0, 0.1) is 0 Å². The first-order chi connectivity index (χ1) is 4.70. The van der Waals surface area contributed by atoms with Crippen LogP contribution in [-0.4, -0.2) is 6.17 Å². The Hall–Kier alpha value is -0.730. The normalized spacial score (nSPS) is 24.5. The van der Waals surface area contributed by atoms with Gasteiger partial charge in [0.1, 0.15) is 12.0 Å². The van der Waals surface area contributed by atoms with Crippen molar-refractivity contribution in [3.63, 3.8) is 0 Å². The quantitative estimate of drug-likeness (QED) is 0.516. The molecule has 0 saturated heterocycles. The van der Waals surface area contributed by atoms with Crippen molar-refractivity contribution in [2.24, 2.45) is 0 Å². The zero-order chi connectivity index (χ0) is 7.56. The van der Waals surface area contributed by atoms with Crippen molar-refractivity contribution in [3.8, 4) is 0 Å². The predicted octanol–water partition coefficient (Wildman–Crippen LogP) is 3.07. The summed E-state index contributed by atoms with van der Waals surface area (Å²) in [6.07, 6.45) is 2.71. The van der Waals surface area contributed by atoms with Crippen LogP contribution in [0.15, 0.2) is 23.6 Å². The van der Waals surface area contributed by atoms with Crippen LogP contribution in [-0.2, 0) is 0 Å². The SMILES string of the molecule is CC1=CC(F)CCC=C1F.F. The van der Waals surface area contributed by atoms with Gasteiger partial charge >= 0.3 is 0 Å². The van der Waals surface area contributed by atoms with Gasteiger partial charge in [-0.25, -0.2) is 8.78 Å². The van der Waals surface area contributed by atoms with Crippen molar-refractivity contribution in [2.45, 2.75) is 25.9 Å². The minimum absolute atomic E-state index is 0. The number of rotatable bonds is 0. The third kappa shape index (κ3) is 2.78. The van der Waals surface area contributed by atoms with Gasteiger partial charge in [0, 0.05) is 0 Å². The average molecular weight is 164 g/mol. The first-order valence-corrected chi connectivity index (χ1v) is 3.38. The Morgan fingerprint density at radius 3 is 2.82 bits per heavy atom. The Bertz CT molecular complexity index is 182. The molecule has 0 aromatic heterocycles. The highest BCUT2D eigenvalue weighted by atomic mass is 19.1. The van der Waals surface area contributed by atoms with Crippen molar-refractivity contribution >= 4 is 0 Å². The molecule has 1 rings (SSSR count). The van der Waals surface area contributed by atoms with Crippen LogP contribution < -0.4 is 0 Å². The number of hydrogen-bond acceptors (Lipinski definition) is 0. The maximum absolute atomic E-state index is 12.6. The Morgan fingerprint density at radius 1 is 1.55 bits per heavy atom. The summed E-state index contributed by atoms with van der Waals surface area (Å²) < 4.78 is 25.2. The summed E-state index contributed by atoms with van der Waals surface area (Å²) in [5, 5.41) is 0. The van der Waals surface area contributed by atoms with Gasteiger partial charge in [0.25, 0.3) is 0 Å². The molecule has 0 amide bonds. The molecule has 1 aliphatic carbocycles. The molecular formula is C8H11F3. The summed E-state index contributed by atoms with van der Waals surface area (Å²) in [5.41, 5.74) is 0.421. The molecule has 0 fully saturated rings. The van der Waals surface area contributed by atoms with Gasteiger partial charge in [-0.1, -0.05) is 0 Å². The highest BCUT2D eigenvalue weighted by Crippen LogP contribution is 2.20. The Balaban J connectivity index is 0.000001000. The molecule has 64 valence electrons. The largest absolute Gasteiger partial charge is 0.269 e. The van der Waals surface area contributed by atoms with Crippen LogP contribution in [0.5, 0.6) is 0 Å². The lowest BCUT2D eigenvalue weighted by atomic mass is 10.2. The lowest BCUT2D eigenvalue weighted by Crippen LogP contribution is -1.92. The summed E-state index contributed by atoms with van der Waals surface area (Å²) in [4.78, 5) is 0. The molecule has 1 aliphatic rings. The van der Waals surface area contributed by atoms with Crippen LogP contribution in [0.3, 0.4) is 0 Å². The van der Waals surface area contributed by atoms with E-state index < -0.39 is 6.17 Å². The molecule has 0 heterocycles. The van der Waals surface area contributed by atoms with Crippen LogP contribution in [0.4, 0.5) is 13.5 Å². The zero-order valence-corrected chi connectivity index (χ0v) is 6.31. The minimum Gasteiger partial charge on any atom is -0.269 e. The fourth-order valence-electron chi connectivity index (χ4n) is 0.964. The Kier molecular flexibility index (Phi) is 3.93. The fraction of sp³-hybridized carbons (Fsp3) is 0.500. The van der Waals surface area contributed by atoms with E-state index in [0.717, 1.165) is 0 Å². The molecule has 0 nitrogen and oxygen atoms in total. The van der Waals surface area contributed by atoms with Crippen LogP contribution in [0.2, 0.25) is 0 Å². The summed E-state index contributed by atoms with van der Waals surface area (Å²) in [6.45, 7) is 1.59. The number of alkyl halides is 1. The second-order valence-electron chi connectivity index (χ2n) is 2.50. The van der Waals surface area contributed by atoms with Crippen molar-refractivity contribution < 1.29 is 13.5 Å². The fourth-order valence-corrected chi connectivity index (χ4v) is 0.964. The summed E-state index contributed by atoms with van der Waals surface area (Å²) in [5.74, 6) is -0.278. The standard InChI is InChI=1S/C8H10F2.FH/c1-6-5-7(9)3-2-4-8(6)10;/h4-5,7H,2-3H2,1H3;1H. The van der Waals surface area contributed by atoms with Gasteiger partial charge < -0.3 is 0 Å². The molecular weight excluding hydrogens is 153 g/mol. The van der Waals surface area contributed by atoms with Crippen LogP contribution >= 0.6 is 0 Å². The molecule has 3 heteroatoms. The number of allylic oxidation sites excluding steroid dienone is 4. The van der Waals surface area contributed by atoms with Crippen molar-refractivity contribution in [2.75, 3.05) is 0 Å². The number of halogens is 3. The van der Waals surface area contributed by atoms with Gasteiger partial charge in [-0.3, -0.25) is 4.70 Å². The Labute approximate surface area is 64.0 Å². The lowest BCUT2D eigenvalue weighted by molar-refractivity contribution is 0.381. The molecule has 1 atom stereocenters. The van der Waals surface area contributed by atoms with E-state index >= 15 is 0 Å². The summed E-state index contributed by atoms with van der Waals surface area (Å²) in [6, 6.07) is 0. The summed E-state index contributed by atoms with van der Waals surface area (Å²) >= 11 is 0. The topological polar surface area (TPSA) is 0 Å². The van der Waals surface area contributed by atoms with Crippen molar-refractivity contribution in [1.29, 1.82) is 0 Å². The van der Waals surface area contributed by atoms with Crippen LogP contribution in [0.25, 0.3) is 0 Å². The van der Waals surface area contributed by atoms with Gasteiger partial charge in [0.2, 0.25) is 0 Å². The maximum atomic E-state index is 12.6. The van der Waals surface area contributed by atoms with Gasteiger partial charge in [-0.05, 0) is 37.5 Å². The molecule has 0 aliphatic heterocycles. The number of hydrogen-bond donors (Lipinski definition) is 0. The Morgan fingerprint density at radius 2 is 2.18 bits per heavy atom. The van der Waals surface area contributed by atoms with E-state index in [1.807, 2.05) is 0 Å². The minimum atomic E-state index is -0.968. The maximum Gasteiger partial charge on any atom is 0.121 e. The van der Waals surface area contributed by atoms with E-state index in [2.05, 4.69) is 0 Å². The third-order valence-electron chi connectivity index (χ3n) is 1.57. The van der Waals surface area contributed by atoms with E-state index in [-0.39, 0.29) is 10.5 Å². The second kappa shape index (κ2) is 4.21. The molecule has 0 aromatic rings. The van der Waals surface area contributed by atoms with Crippen LogP contribution in [0.1, 0.15) is 19.8 Å². The van der Waals surface area contributed by atoms with Gasteiger partial charge in [-0.2, -0.15) is 0 Å². The first-order valence-electron chi connectivity index (χ1n) is 3.38. The monoisotopic (exact) mass is 164 g/mol. The molecule has 0 aromatic carbocycles. The predicted molar refractivity (Wildman–Crippen MR) is 39.6 cm³/mol. The van der Waals surface area contributed by atoms with Gasteiger partial charge in [-0.15, -0.1) is 0 Å². The highest BCUT2D eigenvalue weighted by molar-refractivity contribution is 5.25.